The smallest absolute Gasteiger partial charge is 0.255 e. The van der Waals surface area contributed by atoms with E-state index in [9.17, 15) is 4.79 Å². The van der Waals surface area contributed by atoms with E-state index >= 15 is 0 Å². The molecule has 0 radical (unpaired) electrons. The quantitative estimate of drug-likeness (QED) is 0.872. The van der Waals surface area contributed by atoms with Gasteiger partial charge in [0.15, 0.2) is 0 Å². The van der Waals surface area contributed by atoms with Gasteiger partial charge in [0.05, 0.1) is 6.10 Å². The summed E-state index contributed by atoms with van der Waals surface area (Å²) in [5, 5.41) is 12.3. The Morgan fingerprint density at radius 2 is 2.21 bits per heavy atom. The Balaban J connectivity index is 1.94. The lowest BCUT2D eigenvalue weighted by atomic mass is 9.98. The first-order valence-electron chi connectivity index (χ1n) is 6.40. The van der Waals surface area contributed by atoms with Crippen molar-refractivity contribution in [3.8, 4) is 0 Å². The monoisotopic (exact) mass is 284 g/mol. The molecule has 7 heteroatoms. The zero-order valence-electron chi connectivity index (χ0n) is 11.5. The molecule has 1 saturated heterocycles. The molecule has 1 aliphatic rings. The topological polar surface area (TPSA) is 90.1 Å². The molecule has 0 saturated carbocycles. The number of nitrogens with one attached hydrogen (secondary N) is 1. The van der Waals surface area contributed by atoms with E-state index in [1.54, 1.807) is 0 Å². The number of amides is 1. The standard InChI is InChI=1S/C12H20N4O2S/c1-12(2,3)10-15-16-11(19-10)14-9(17)8-5-4-7(6-13)18-8/h7-8H,4-6,13H2,1-3H3,(H,14,16,17)/t7-,8+/m1/s1. The molecule has 3 N–H and O–H groups in total. The lowest BCUT2D eigenvalue weighted by molar-refractivity contribution is -0.126. The highest BCUT2D eigenvalue weighted by atomic mass is 32.1. The summed E-state index contributed by atoms with van der Waals surface area (Å²) in [6, 6.07) is 0. The predicted molar refractivity (Wildman–Crippen MR) is 74.2 cm³/mol. The Morgan fingerprint density at radius 1 is 1.47 bits per heavy atom. The Bertz CT molecular complexity index is 455. The van der Waals surface area contributed by atoms with Crippen molar-refractivity contribution in [2.45, 2.75) is 51.2 Å². The van der Waals surface area contributed by atoms with Gasteiger partial charge in [-0.3, -0.25) is 10.1 Å². The molecule has 2 atom stereocenters. The van der Waals surface area contributed by atoms with Crippen LogP contribution < -0.4 is 11.1 Å². The number of carbonyl (C=O) groups excluding carboxylic acids is 1. The number of hydrogen-bond donors (Lipinski definition) is 2. The molecule has 19 heavy (non-hydrogen) atoms. The summed E-state index contributed by atoms with van der Waals surface area (Å²) in [6.45, 7) is 6.64. The van der Waals surface area contributed by atoms with Crippen LogP contribution in [0.5, 0.6) is 0 Å². The highest BCUT2D eigenvalue weighted by Gasteiger charge is 2.30. The van der Waals surface area contributed by atoms with Crippen molar-refractivity contribution in [3.63, 3.8) is 0 Å². The second-order valence-electron chi connectivity index (χ2n) is 5.71. The van der Waals surface area contributed by atoms with Crippen LogP contribution in [0.15, 0.2) is 0 Å². The number of rotatable bonds is 3. The van der Waals surface area contributed by atoms with Crippen LogP contribution in [0, 0.1) is 0 Å². The maximum absolute atomic E-state index is 12.0. The summed E-state index contributed by atoms with van der Waals surface area (Å²) in [6.07, 6.45) is 1.11. The van der Waals surface area contributed by atoms with Crippen molar-refractivity contribution in [2.75, 3.05) is 11.9 Å². The number of carbonyl (C=O) groups is 1. The molecule has 106 valence electrons. The average molecular weight is 284 g/mol. The zero-order chi connectivity index (χ0) is 14.0. The number of nitrogens with two attached hydrogens (primary N) is 1. The fourth-order valence-electron chi connectivity index (χ4n) is 1.83. The number of nitrogens with zero attached hydrogens (tertiary/aromatic N) is 2. The maximum Gasteiger partial charge on any atom is 0.255 e. The van der Waals surface area contributed by atoms with Gasteiger partial charge >= 0.3 is 0 Å². The van der Waals surface area contributed by atoms with E-state index in [0.717, 1.165) is 11.4 Å². The van der Waals surface area contributed by atoms with Crippen LogP contribution in [0.2, 0.25) is 0 Å². The third-order valence-corrected chi connectivity index (χ3v) is 4.22. The van der Waals surface area contributed by atoms with Crippen LogP contribution in [0.4, 0.5) is 5.13 Å². The Hall–Kier alpha value is -1.05. The van der Waals surface area contributed by atoms with Gasteiger partial charge in [0.25, 0.3) is 5.91 Å². The minimum Gasteiger partial charge on any atom is -0.364 e. The molecule has 0 spiro atoms. The van der Waals surface area contributed by atoms with Gasteiger partial charge in [-0.15, -0.1) is 10.2 Å². The predicted octanol–water partition coefficient (Wildman–Crippen LogP) is 1.28. The summed E-state index contributed by atoms with van der Waals surface area (Å²) in [5.74, 6) is -0.160. The highest BCUT2D eigenvalue weighted by molar-refractivity contribution is 7.15. The van der Waals surface area contributed by atoms with E-state index in [2.05, 4.69) is 36.3 Å². The summed E-state index contributed by atoms with van der Waals surface area (Å²) in [7, 11) is 0. The molecule has 0 unspecified atom stereocenters. The van der Waals surface area contributed by atoms with Gasteiger partial charge in [-0.2, -0.15) is 0 Å². The molecular weight excluding hydrogens is 264 g/mol. The van der Waals surface area contributed by atoms with Gasteiger partial charge in [-0.25, -0.2) is 0 Å². The number of hydrogen-bond acceptors (Lipinski definition) is 6. The van der Waals surface area contributed by atoms with Gasteiger partial charge in [0, 0.05) is 12.0 Å². The van der Waals surface area contributed by atoms with Crippen LogP contribution in [-0.4, -0.2) is 34.9 Å². The number of ether oxygens (including phenoxy) is 1. The normalized spacial score (nSPS) is 23.6. The van der Waals surface area contributed by atoms with Gasteiger partial charge in [0.2, 0.25) is 5.13 Å². The molecule has 0 bridgehead atoms. The van der Waals surface area contributed by atoms with Crippen LogP contribution in [0.3, 0.4) is 0 Å². The van der Waals surface area contributed by atoms with E-state index < -0.39 is 6.10 Å². The second-order valence-corrected chi connectivity index (χ2v) is 6.69. The first-order chi connectivity index (χ1) is 8.90. The van der Waals surface area contributed by atoms with Crippen LogP contribution in [0.25, 0.3) is 0 Å². The van der Waals surface area contributed by atoms with E-state index in [0.29, 0.717) is 18.1 Å². The second kappa shape index (κ2) is 5.52. The van der Waals surface area contributed by atoms with Crippen molar-refractivity contribution in [2.24, 2.45) is 5.73 Å². The summed E-state index contributed by atoms with van der Waals surface area (Å²) in [5.41, 5.74) is 5.46. The summed E-state index contributed by atoms with van der Waals surface area (Å²) in [4.78, 5) is 12.0. The molecule has 6 nitrogen and oxygen atoms in total. The first-order valence-corrected chi connectivity index (χ1v) is 7.22. The van der Waals surface area contributed by atoms with E-state index in [4.69, 9.17) is 10.5 Å². The van der Waals surface area contributed by atoms with E-state index in [-0.39, 0.29) is 17.4 Å². The van der Waals surface area contributed by atoms with Crippen molar-refractivity contribution >= 4 is 22.4 Å². The van der Waals surface area contributed by atoms with Crippen molar-refractivity contribution in [1.82, 2.24) is 10.2 Å². The lowest BCUT2D eigenvalue weighted by Gasteiger charge is -2.12. The van der Waals surface area contributed by atoms with Crippen molar-refractivity contribution < 1.29 is 9.53 Å². The molecule has 2 rings (SSSR count). The SMILES string of the molecule is CC(C)(C)c1nnc(NC(=O)[C@@H]2CC[C@H](CN)O2)s1. The van der Waals surface area contributed by atoms with Crippen molar-refractivity contribution in [1.29, 1.82) is 0 Å². The van der Waals surface area contributed by atoms with Crippen LogP contribution in [0.1, 0.15) is 38.6 Å². The number of anilines is 1. The summed E-state index contributed by atoms with van der Waals surface area (Å²) < 4.78 is 5.54. The molecule has 1 fully saturated rings. The average Bonchev–Trinajstić information content (AvgIpc) is 2.95. The molecule has 2 heterocycles. The Kier molecular flexibility index (Phi) is 4.17. The highest BCUT2D eigenvalue weighted by Crippen LogP contribution is 2.28. The van der Waals surface area contributed by atoms with Gasteiger partial charge in [0.1, 0.15) is 11.1 Å². The minimum atomic E-state index is -0.421. The summed E-state index contributed by atoms with van der Waals surface area (Å²) >= 11 is 1.40. The fraction of sp³-hybridized carbons (Fsp3) is 0.750. The van der Waals surface area contributed by atoms with Gasteiger partial charge in [-0.1, -0.05) is 32.1 Å². The third-order valence-electron chi connectivity index (χ3n) is 2.96. The molecule has 0 aromatic carbocycles. The minimum absolute atomic E-state index is 0.00435. The number of aromatic nitrogens is 2. The molecule has 0 aliphatic carbocycles. The maximum atomic E-state index is 12.0. The molecule has 1 aromatic heterocycles. The van der Waals surface area contributed by atoms with E-state index in [1.165, 1.54) is 11.3 Å². The molecular formula is C12H20N4O2S. The largest absolute Gasteiger partial charge is 0.364 e. The fourth-order valence-corrected chi connectivity index (χ4v) is 2.64. The zero-order valence-corrected chi connectivity index (χ0v) is 12.3. The van der Waals surface area contributed by atoms with Crippen LogP contribution >= 0.6 is 11.3 Å². The molecule has 1 aromatic rings. The third kappa shape index (κ3) is 3.49. The lowest BCUT2D eigenvalue weighted by Crippen LogP contribution is -2.29. The van der Waals surface area contributed by atoms with Crippen molar-refractivity contribution in [3.05, 3.63) is 5.01 Å². The molecule has 1 amide bonds. The first kappa shape index (κ1) is 14.4. The van der Waals surface area contributed by atoms with Gasteiger partial charge < -0.3 is 10.5 Å². The molecule has 1 aliphatic heterocycles. The Labute approximate surface area is 116 Å². The van der Waals surface area contributed by atoms with Gasteiger partial charge in [-0.05, 0) is 12.8 Å². The van der Waals surface area contributed by atoms with E-state index in [1.807, 2.05) is 0 Å². The van der Waals surface area contributed by atoms with Crippen LogP contribution in [-0.2, 0) is 14.9 Å². The Morgan fingerprint density at radius 3 is 2.74 bits per heavy atom.